The van der Waals surface area contributed by atoms with Crippen LogP contribution in [0.3, 0.4) is 0 Å². The zero-order valence-electron chi connectivity index (χ0n) is 7.39. The van der Waals surface area contributed by atoms with E-state index in [2.05, 4.69) is 51.6 Å². The first-order chi connectivity index (χ1) is 6.34. The summed E-state index contributed by atoms with van der Waals surface area (Å²) in [4.78, 5) is 0. The molecule has 0 radical (unpaired) electrons. The minimum absolute atomic E-state index is 1.05. The molecule has 1 saturated heterocycles. The Morgan fingerprint density at radius 1 is 1.23 bits per heavy atom. The minimum Gasteiger partial charge on any atom is -0.313 e. The van der Waals surface area contributed by atoms with Gasteiger partial charge in [0.2, 0.25) is 0 Å². The first-order valence-corrected chi connectivity index (χ1v) is 5.29. The maximum Gasteiger partial charge on any atom is 0.0175 e. The molecular weight excluding hydrogens is 226 g/mol. The van der Waals surface area contributed by atoms with Crippen molar-refractivity contribution in [2.45, 2.75) is 6.42 Å². The quantitative estimate of drug-likeness (QED) is 0.793. The Balaban J connectivity index is 2.17. The van der Waals surface area contributed by atoms with E-state index in [-0.39, 0.29) is 0 Å². The van der Waals surface area contributed by atoms with Crippen molar-refractivity contribution in [3.63, 3.8) is 0 Å². The molecule has 1 aliphatic rings. The summed E-state index contributed by atoms with van der Waals surface area (Å²) >= 11 is 3.43. The third-order valence-electron chi connectivity index (χ3n) is 2.22. The van der Waals surface area contributed by atoms with Gasteiger partial charge in [-0.25, -0.2) is 0 Å². The molecule has 0 aliphatic carbocycles. The van der Waals surface area contributed by atoms with E-state index in [1.54, 1.807) is 0 Å². The number of hydrogen-bond donors (Lipinski definition) is 1. The Labute approximate surface area is 87.0 Å². The van der Waals surface area contributed by atoms with Crippen molar-refractivity contribution in [2.24, 2.45) is 0 Å². The van der Waals surface area contributed by atoms with E-state index in [4.69, 9.17) is 0 Å². The zero-order valence-corrected chi connectivity index (χ0v) is 8.97. The highest BCUT2D eigenvalue weighted by molar-refractivity contribution is 9.10. The third kappa shape index (κ3) is 2.42. The molecule has 1 nitrogen and oxygen atoms in total. The van der Waals surface area contributed by atoms with Gasteiger partial charge in [-0.2, -0.15) is 0 Å². The molecule has 0 saturated carbocycles. The van der Waals surface area contributed by atoms with Crippen LogP contribution in [0.15, 0.2) is 34.3 Å². The summed E-state index contributed by atoms with van der Waals surface area (Å²) in [5.74, 6) is 0. The molecule has 0 unspecified atom stereocenters. The molecule has 1 fully saturated rings. The van der Waals surface area contributed by atoms with Crippen molar-refractivity contribution in [2.75, 3.05) is 13.1 Å². The number of nitrogens with one attached hydrogen (secondary N) is 1. The van der Waals surface area contributed by atoms with E-state index in [9.17, 15) is 0 Å². The van der Waals surface area contributed by atoms with E-state index in [1.165, 1.54) is 17.6 Å². The molecule has 0 spiro atoms. The maximum absolute atomic E-state index is 3.43. The molecule has 68 valence electrons. The Morgan fingerprint density at radius 2 is 2.00 bits per heavy atom. The van der Waals surface area contributed by atoms with Crippen LogP contribution in [0, 0.1) is 0 Å². The van der Waals surface area contributed by atoms with Crippen LogP contribution in [0.2, 0.25) is 0 Å². The third-order valence-corrected chi connectivity index (χ3v) is 2.74. The molecular formula is C11H12BrN. The highest BCUT2D eigenvalue weighted by Gasteiger charge is 2.04. The van der Waals surface area contributed by atoms with Crippen LogP contribution in [-0.4, -0.2) is 13.1 Å². The van der Waals surface area contributed by atoms with Gasteiger partial charge in [-0.1, -0.05) is 39.7 Å². The summed E-state index contributed by atoms with van der Waals surface area (Å²) < 4.78 is 1.14. The first-order valence-electron chi connectivity index (χ1n) is 4.50. The fraction of sp³-hybridized carbons (Fsp3) is 0.273. The van der Waals surface area contributed by atoms with Crippen LogP contribution in [0.4, 0.5) is 0 Å². The molecule has 1 aromatic carbocycles. The van der Waals surface area contributed by atoms with Gasteiger partial charge in [0.15, 0.2) is 0 Å². The second-order valence-electron chi connectivity index (χ2n) is 3.28. The van der Waals surface area contributed by atoms with Crippen molar-refractivity contribution in [3.8, 4) is 0 Å². The van der Waals surface area contributed by atoms with E-state index < -0.39 is 0 Å². The van der Waals surface area contributed by atoms with Gasteiger partial charge in [-0.15, -0.1) is 0 Å². The lowest BCUT2D eigenvalue weighted by Crippen LogP contribution is -2.04. The normalized spacial score (nSPS) is 19.6. The molecule has 0 aromatic heterocycles. The van der Waals surface area contributed by atoms with E-state index >= 15 is 0 Å². The van der Waals surface area contributed by atoms with E-state index in [1.807, 2.05) is 0 Å². The van der Waals surface area contributed by atoms with Gasteiger partial charge in [0.25, 0.3) is 0 Å². The van der Waals surface area contributed by atoms with Gasteiger partial charge in [-0.3, -0.25) is 0 Å². The Hall–Kier alpha value is -0.600. The number of halogens is 1. The zero-order chi connectivity index (χ0) is 9.10. The van der Waals surface area contributed by atoms with Gasteiger partial charge < -0.3 is 5.32 Å². The molecule has 2 rings (SSSR count). The van der Waals surface area contributed by atoms with Crippen molar-refractivity contribution in [1.29, 1.82) is 0 Å². The van der Waals surface area contributed by atoms with E-state index in [0.29, 0.717) is 0 Å². The van der Waals surface area contributed by atoms with Crippen LogP contribution in [0.1, 0.15) is 12.0 Å². The summed E-state index contributed by atoms with van der Waals surface area (Å²) in [5, 5.41) is 3.33. The number of rotatable bonds is 1. The van der Waals surface area contributed by atoms with Gasteiger partial charge in [0, 0.05) is 11.0 Å². The topological polar surface area (TPSA) is 12.0 Å². The monoisotopic (exact) mass is 237 g/mol. The van der Waals surface area contributed by atoms with Gasteiger partial charge in [-0.05, 0) is 30.7 Å². The van der Waals surface area contributed by atoms with Crippen LogP contribution < -0.4 is 5.32 Å². The standard InChI is InChI=1S/C11H12BrN/c12-11-3-1-9(2-4-11)7-10-5-6-13-8-10/h1-4,7,13H,5-6,8H2. The number of benzene rings is 1. The molecule has 0 bridgehead atoms. The molecule has 0 atom stereocenters. The predicted molar refractivity (Wildman–Crippen MR) is 59.6 cm³/mol. The lowest BCUT2D eigenvalue weighted by atomic mass is 10.1. The van der Waals surface area contributed by atoms with E-state index in [0.717, 1.165) is 17.6 Å². The highest BCUT2D eigenvalue weighted by Crippen LogP contribution is 2.15. The van der Waals surface area contributed by atoms with Crippen molar-refractivity contribution in [3.05, 3.63) is 39.9 Å². The van der Waals surface area contributed by atoms with Crippen LogP contribution in [-0.2, 0) is 0 Å². The molecule has 13 heavy (non-hydrogen) atoms. The van der Waals surface area contributed by atoms with Gasteiger partial charge in [0.05, 0.1) is 0 Å². The average molecular weight is 238 g/mol. The molecule has 1 heterocycles. The van der Waals surface area contributed by atoms with Crippen LogP contribution in [0.5, 0.6) is 0 Å². The summed E-state index contributed by atoms with van der Waals surface area (Å²) in [5.41, 5.74) is 2.80. The van der Waals surface area contributed by atoms with Crippen LogP contribution >= 0.6 is 15.9 Å². The molecule has 1 aromatic rings. The maximum atomic E-state index is 3.43. The second kappa shape index (κ2) is 4.07. The fourth-order valence-electron chi connectivity index (χ4n) is 1.50. The summed E-state index contributed by atoms with van der Waals surface area (Å²) in [6, 6.07) is 8.42. The predicted octanol–water partition coefficient (Wildman–Crippen LogP) is 2.83. The van der Waals surface area contributed by atoms with Crippen LogP contribution in [0.25, 0.3) is 6.08 Å². The summed E-state index contributed by atoms with van der Waals surface area (Å²) in [7, 11) is 0. The van der Waals surface area contributed by atoms with Gasteiger partial charge >= 0.3 is 0 Å². The Kier molecular flexibility index (Phi) is 2.81. The molecule has 1 N–H and O–H groups in total. The first kappa shape index (κ1) is 8.97. The lowest BCUT2D eigenvalue weighted by molar-refractivity contribution is 0.862. The van der Waals surface area contributed by atoms with Crippen molar-refractivity contribution < 1.29 is 0 Å². The SMILES string of the molecule is Brc1ccc(C=C2CCNC2)cc1. The Morgan fingerprint density at radius 3 is 2.62 bits per heavy atom. The highest BCUT2D eigenvalue weighted by atomic mass is 79.9. The summed E-state index contributed by atoms with van der Waals surface area (Å²) in [6.07, 6.45) is 3.46. The number of hydrogen-bond acceptors (Lipinski definition) is 1. The molecule has 0 amide bonds. The average Bonchev–Trinajstić information content (AvgIpc) is 2.62. The molecule has 1 aliphatic heterocycles. The largest absolute Gasteiger partial charge is 0.313 e. The molecule has 2 heteroatoms. The van der Waals surface area contributed by atoms with Crippen molar-refractivity contribution in [1.82, 2.24) is 5.32 Å². The Bertz CT molecular complexity index is 305. The minimum atomic E-state index is 1.05. The second-order valence-corrected chi connectivity index (χ2v) is 4.20. The van der Waals surface area contributed by atoms with Gasteiger partial charge in [0.1, 0.15) is 0 Å². The smallest absolute Gasteiger partial charge is 0.0175 e. The fourth-order valence-corrected chi connectivity index (χ4v) is 1.77. The lowest BCUT2D eigenvalue weighted by Gasteiger charge is -1.96. The van der Waals surface area contributed by atoms with Crippen molar-refractivity contribution >= 4 is 22.0 Å². The summed E-state index contributed by atoms with van der Waals surface area (Å²) in [6.45, 7) is 2.18.